The summed E-state index contributed by atoms with van der Waals surface area (Å²) in [5.41, 5.74) is -2.50. The predicted octanol–water partition coefficient (Wildman–Crippen LogP) is 5.34. The van der Waals surface area contributed by atoms with Gasteiger partial charge in [0.2, 0.25) is 0 Å². The molecule has 3 aromatic rings. The standard InChI is InChI=1S/C22H20F4N4O4S/c1-11-15(8-9-16(33-3)18(11)23)34-21-17(12(2)19(29-30-21)22(24,25)26)20(31)28-13-6-5-7-14(10-13)35(4,27)32/h5-10,27H,1-4H3,(H,28,31). The number of hydrogen-bond acceptors (Lipinski definition) is 7. The molecule has 0 aliphatic carbocycles. The topological polar surface area (TPSA) is 114 Å². The molecule has 2 aromatic carbocycles. The van der Waals surface area contributed by atoms with Gasteiger partial charge in [-0.1, -0.05) is 6.07 Å². The van der Waals surface area contributed by atoms with Crippen molar-refractivity contribution >= 4 is 21.3 Å². The van der Waals surface area contributed by atoms with Gasteiger partial charge in [-0.2, -0.15) is 13.2 Å². The average molecular weight is 512 g/mol. The summed E-state index contributed by atoms with van der Waals surface area (Å²) in [4.78, 5) is 13.2. The number of benzene rings is 2. The number of rotatable bonds is 6. The molecule has 186 valence electrons. The van der Waals surface area contributed by atoms with E-state index in [2.05, 4.69) is 15.5 Å². The van der Waals surface area contributed by atoms with Crippen molar-refractivity contribution in [3.05, 3.63) is 64.6 Å². The van der Waals surface area contributed by atoms with E-state index in [-0.39, 0.29) is 27.6 Å². The van der Waals surface area contributed by atoms with Crippen molar-refractivity contribution in [2.24, 2.45) is 0 Å². The predicted molar refractivity (Wildman–Crippen MR) is 119 cm³/mol. The molecule has 35 heavy (non-hydrogen) atoms. The highest BCUT2D eigenvalue weighted by Gasteiger charge is 2.38. The van der Waals surface area contributed by atoms with Gasteiger partial charge in [0.25, 0.3) is 11.8 Å². The summed E-state index contributed by atoms with van der Waals surface area (Å²) in [5.74, 6) is -2.58. The van der Waals surface area contributed by atoms with Crippen LogP contribution < -0.4 is 14.8 Å². The number of nitrogens with one attached hydrogen (secondary N) is 2. The molecule has 0 fully saturated rings. The Kier molecular flexibility index (Phi) is 7.01. The summed E-state index contributed by atoms with van der Waals surface area (Å²) in [6, 6.07) is 8.08. The Balaban J connectivity index is 2.10. The van der Waals surface area contributed by atoms with Gasteiger partial charge in [-0.05, 0) is 49.7 Å². The zero-order chi connectivity index (χ0) is 26.1. The van der Waals surface area contributed by atoms with E-state index in [0.717, 1.165) is 6.92 Å². The van der Waals surface area contributed by atoms with Crippen LogP contribution in [-0.4, -0.2) is 33.7 Å². The van der Waals surface area contributed by atoms with Crippen LogP contribution in [0, 0.1) is 24.4 Å². The third kappa shape index (κ3) is 5.50. The van der Waals surface area contributed by atoms with Gasteiger partial charge in [-0.15, -0.1) is 10.2 Å². The highest BCUT2D eigenvalue weighted by atomic mass is 32.2. The van der Waals surface area contributed by atoms with E-state index in [0.29, 0.717) is 0 Å². The molecule has 1 amide bonds. The third-order valence-corrected chi connectivity index (χ3v) is 6.10. The van der Waals surface area contributed by atoms with Crippen molar-refractivity contribution in [1.82, 2.24) is 10.2 Å². The number of halogens is 4. The Hall–Kier alpha value is -3.74. The van der Waals surface area contributed by atoms with Gasteiger partial charge < -0.3 is 14.8 Å². The number of aromatic nitrogens is 2. The molecule has 1 atom stereocenters. The first kappa shape index (κ1) is 25.9. The molecule has 1 unspecified atom stereocenters. The Morgan fingerprint density at radius 3 is 2.34 bits per heavy atom. The minimum Gasteiger partial charge on any atom is -0.494 e. The lowest BCUT2D eigenvalue weighted by atomic mass is 10.1. The molecule has 13 heteroatoms. The molecule has 0 saturated carbocycles. The molecule has 8 nitrogen and oxygen atoms in total. The Labute approximate surface area is 198 Å². The van der Waals surface area contributed by atoms with Crippen molar-refractivity contribution in [2.45, 2.75) is 24.9 Å². The van der Waals surface area contributed by atoms with Crippen molar-refractivity contribution in [3.8, 4) is 17.4 Å². The monoisotopic (exact) mass is 512 g/mol. The Morgan fingerprint density at radius 2 is 1.74 bits per heavy atom. The SMILES string of the molecule is COc1ccc(Oc2nnc(C(F)(F)F)c(C)c2C(=O)Nc2cccc(S(C)(=N)=O)c2)c(C)c1F. The molecule has 0 bridgehead atoms. The van der Waals surface area contributed by atoms with Crippen LogP contribution in [0.15, 0.2) is 41.3 Å². The second-order valence-corrected chi connectivity index (χ2v) is 9.64. The van der Waals surface area contributed by atoms with Gasteiger partial charge in [0.1, 0.15) is 11.3 Å². The molecule has 0 spiro atoms. The van der Waals surface area contributed by atoms with Crippen LogP contribution in [0.5, 0.6) is 17.4 Å². The normalized spacial score (nSPS) is 13.1. The molecule has 3 rings (SSSR count). The van der Waals surface area contributed by atoms with Gasteiger partial charge in [-0.3, -0.25) is 4.79 Å². The van der Waals surface area contributed by atoms with Crippen LogP contribution in [0.3, 0.4) is 0 Å². The highest BCUT2D eigenvalue weighted by Crippen LogP contribution is 2.37. The first-order valence-electron chi connectivity index (χ1n) is 9.84. The Bertz CT molecular complexity index is 1410. The Morgan fingerprint density at radius 1 is 1.09 bits per heavy atom. The third-order valence-electron chi connectivity index (χ3n) is 4.95. The van der Waals surface area contributed by atoms with Crippen LogP contribution in [0.1, 0.15) is 27.2 Å². The number of hydrogen-bond donors (Lipinski definition) is 2. The van der Waals surface area contributed by atoms with E-state index < -0.39 is 50.3 Å². The van der Waals surface area contributed by atoms with E-state index in [1.807, 2.05) is 0 Å². The lowest BCUT2D eigenvalue weighted by molar-refractivity contribution is -0.142. The molecule has 0 saturated heterocycles. The number of methoxy groups -OCH3 is 1. The van der Waals surface area contributed by atoms with Gasteiger partial charge >= 0.3 is 6.18 Å². The lowest BCUT2D eigenvalue weighted by Gasteiger charge is -2.17. The van der Waals surface area contributed by atoms with Crippen LogP contribution in [-0.2, 0) is 15.9 Å². The molecular formula is C22H20F4N4O4S. The largest absolute Gasteiger partial charge is 0.494 e. The minimum absolute atomic E-state index is 0.0316. The molecule has 0 radical (unpaired) electrons. The van der Waals surface area contributed by atoms with Crippen LogP contribution in [0.4, 0.5) is 23.2 Å². The number of alkyl halides is 3. The van der Waals surface area contributed by atoms with Gasteiger partial charge in [0.15, 0.2) is 17.3 Å². The number of amides is 1. The number of ether oxygens (including phenoxy) is 2. The van der Waals surface area contributed by atoms with Crippen LogP contribution in [0.25, 0.3) is 0 Å². The van der Waals surface area contributed by atoms with E-state index in [1.54, 1.807) is 0 Å². The maximum Gasteiger partial charge on any atom is 0.435 e. The maximum absolute atomic E-state index is 14.4. The number of nitrogens with zero attached hydrogens (tertiary/aromatic N) is 2. The molecule has 0 aliphatic heterocycles. The summed E-state index contributed by atoms with van der Waals surface area (Å²) in [6.07, 6.45) is -3.73. The summed E-state index contributed by atoms with van der Waals surface area (Å²) in [6.45, 7) is 2.38. The molecule has 2 N–H and O–H groups in total. The minimum atomic E-state index is -4.91. The molecule has 0 aliphatic rings. The second-order valence-electron chi connectivity index (χ2n) is 7.48. The number of carbonyl (C=O) groups excluding carboxylic acids is 1. The van der Waals surface area contributed by atoms with Gasteiger partial charge in [-0.25, -0.2) is 13.4 Å². The van der Waals surface area contributed by atoms with E-state index in [1.165, 1.54) is 56.7 Å². The fourth-order valence-electron chi connectivity index (χ4n) is 3.13. The average Bonchev–Trinajstić information content (AvgIpc) is 2.76. The fourth-order valence-corrected chi connectivity index (χ4v) is 3.82. The highest BCUT2D eigenvalue weighted by molar-refractivity contribution is 7.91. The van der Waals surface area contributed by atoms with E-state index >= 15 is 0 Å². The zero-order valence-electron chi connectivity index (χ0n) is 18.9. The lowest BCUT2D eigenvalue weighted by Crippen LogP contribution is -2.21. The van der Waals surface area contributed by atoms with E-state index in [4.69, 9.17) is 14.3 Å². The first-order valence-corrected chi connectivity index (χ1v) is 11.8. The summed E-state index contributed by atoms with van der Waals surface area (Å²) in [7, 11) is -1.85. The fraction of sp³-hybridized carbons (Fsp3) is 0.227. The first-order chi connectivity index (χ1) is 16.2. The van der Waals surface area contributed by atoms with E-state index in [9.17, 15) is 26.6 Å². The second kappa shape index (κ2) is 9.49. The summed E-state index contributed by atoms with van der Waals surface area (Å²) >= 11 is 0. The van der Waals surface area contributed by atoms with Crippen molar-refractivity contribution < 1.29 is 36.0 Å². The molecule has 1 heterocycles. The zero-order valence-corrected chi connectivity index (χ0v) is 19.7. The van der Waals surface area contributed by atoms with Crippen LogP contribution in [0.2, 0.25) is 0 Å². The summed E-state index contributed by atoms with van der Waals surface area (Å²) < 4.78 is 85.0. The number of anilines is 1. The van der Waals surface area contributed by atoms with Crippen molar-refractivity contribution in [3.63, 3.8) is 0 Å². The summed E-state index contributed by atoms with van der Waals surface area (Å²) in [5, 5.41) is 9.02. The smallest absolute Gasteiger partial charge is 0.435 e. The van der Waals surface area contributed by atoms with Gasteiger partial charge in [0.05, 0.1) is 16.8 Å². The van der Waals surface area contributed by atoms with Gasteiger partial charge in [0, 0.05) is 22.4 Å². The van der Waals surface area contributed by atoms with Crippen molar-refractivity contribution in [2.75, 3.05) is 18.7 Å². The maximum atomic E-state index is 14.4. The quantitative estimate of drug-likeness (QED) is 0.431. The van der Waals surface area contributed by atoms with Crippen molar-refractivity contribution in [1.29, 1.82) is 4.78 Å². The number of carbonyl (C=O) groups is 1. The van der Waals surface area contributed by atoms with Crippen LogP contribution >= 0.6 is 0 Å². The molecular weight excluding hydrogens is 492 g/mol. The molecule has 1 aromatic heterocycles.